The van der Waals surface area contributed by atoms with Crippen molar-refractivity contribution in [3.63, 3.8) is 0 Å². The summed E-state index contributed by atoms with van der Waals surface area (Å²) in [5.41, 5.74) is 7.83. The molecule has 0 aromatic heterocycles. The molecular formula is C20H19Cl2NO2. The second kappa shape index (κ2) is 9.33. The first-order valence-corrected chi connectivity index (χ1v) is 8.44. The molecule has 0 bridgehead atoms. The lowest BCUT2D eigenvalue weighted by atomic mass is 10.0. The molecule has 0 fully saturated rings. The van der Waals surface area contributed by atoms with Crippen molar-refractivity contribution in [2.24, 2.45) is 5.73 Å². The van der Waals surface area contributed by atoms with Crippen LogP contribution in [0.1, 0.15) is 16.7 Å². The molecule has 0 aliphatic rings. The van der Waals surface area contributed by atoms with E-state index in [1.807, 2.05) is 30.3 Å². The van der Waals surface area contributed by atoms with Crippen molar-refractivity contribution in [3.8, 4) is 11.5 Å². The molecule has 130 valence electrons. The van der Waals surface area contributed by atoms with Gasteiger partial charge in [-0.15, -0.1) is 0 Å². The first-order valence-electron chi connectivity index (χ1n) is 7.68. The summed E-state index contributed by atoms with van der Waals surface area (Å²) in [6.45, 7) is 0.640. The van der Waals surface area contributed by atoms with Gasteiger partial charge >= 0.3 is 0 Å². The van der Waals surface area contributed by atoms with Crippen LogP contribution in [0, 0.1) is 0 Å². The van der Waals surface area contributed by atoms with Crippen molar-refractivity contribution in [1.82, 2.24) is 0 Å². The summed E-state index contributed by atoms with van der Waals surface area (Å²) in [4.78, 5) is 0. The molecule has 3 aromatic rings. The monoisotopic (exact) mass is 375 g/mol. The molecule has 4 N–H and O–H groups in total. The highest BCUT2D eigenvalue weighted by Gasteiger charge is 2.07. The van der Waals surface area contributed by atoms with E-state index in [2.05, 4.69) is 0 Å². The van der Waals surface area contributed by atoms with Crippen LogP contribution in [0.4, 0.5) is 0 Å². The smallest absolute Gasteiger partial charge is 0.119 e. The van der Waals surface area contributed by atoms with Crippen molar-refractivity contribution < 1.29 is 10.2 Å². The molecule has 0 saturated heterocycles. The zero-order valence-corrected chi connectivity index (χ0v) is 15.0. The Morgan fingerprint density at radius 3 is 1.60 bits per heavy atom. The molecule has 0 aliphatic carbocycles. The first kappa shape index (κ1) is 19.1. The molecule has 0 radical (unpaired) electrons. The number of nitrogens with two attached hydrogens (primary N) is 1. The minimum absolute atomic E-state index is 0.147. The van der Waals surface area contributed by atoms with Crippen LogP contribution in [0.2, 0.25) is 10.0 Å². The molecule has 0 saturated carbocycles. The van der Waals surface area contributed by atoms with Crippen LogP contribution in [-0.2, 0) is 13.0 Å². The van der Waals surface area contributed by atoms with Gasteiger partial charge in [-0.3, -0.25) is 0 Å². The van der Waals surface area contributed by atoms with Gasteiger partial charge in [-0.05, 0) is 53.1 Å². The van der Waals surface area contributed by atoms with E-state index >= 15 is 0 Å². The second-order valence-corrected chi connectivity index (χ2v) is 6.29. The molecule has 0 amide bonds. The number of phenolic OH excluding ortho intramolecular Hbond substituents is 2. The maximum absolute atomic E-state index is 9.68. The van der Waals surface area contributed by atoms with Crippen molar-refractivity contribution in [2.45, 2.75) is 13.0 Å². The highest BCUT2D eigenvalue weighted by Crippen LogP contribution is 2.29. The minimum atomic E-state index is 0.147. The van der Waals surface area contributed by atoms with Gasteiger partial charge in [-0.25, -0.2) is 0 Å². The molecule has 0 aliphatic heterocycles. The van der Waals surface area contributed by atoms with Crippen LogP contribution in [0.15, 0.2) is 66.7 Å². The summed E-state index contributed by atoms with van der Waals surface area (Å²) in [6, 6.07) is 19.6. The summed E-state index contributed by atoms with van der Waals surface area (Å²) in [5.74, 6) is 0.294. The largest absolute Gasteiger partial charge is 0.508 e. The van der Waals surface area contributed by atoms with E-state index in [1.165, 1.54) is 17.7 Å². The number of phenols is 2. The molecule has 0 spiro atoms. The Bertz CT molecular complexity index is 774. The average molecular weight is 376 g/mol. The Labute approximate surface area is 157 Å². The van der Waals surface area contributed by atoms with Gasteiger partial charge in [0.25, 0.3) is 0 Å². The van der Waals surface area contributed by atoms with Crippen LogP contribution in [0.25, 0.3) is 0 Å². The lowest BCUT2D eigenvalue weighted by Gasteiger charge is -2.07. The van der Waals surface area contributed by atoms with E-state index in [1.54, 1.807) is 24.3 Å². The normalized spacial score (nSPS) is 10.0. The quantitative estimate of drug-likeness (QED) is 0.593. The van der Waals surface area contributed by atoms with Crippen molar-refractivity contribution in [1.29, 1.82) is 0 Å². The Kier molecular flexibility index (Phi) is 7.14. The molecule has 3 aromatic carbocycles. The number of hydrogen-bond acceptors (Lipinski definition) is 3. The van der Waals surface area contributed by atoms with Gasteiger partial charge in [0, 0.05) is 23.0 Å². The lowest BCUT2D eigenvalue weighted by Crippen LogP contribution is -1.94. The lowest BCUT2D eigenvalue weighted by molar-refractivity contribution is 0.463. The van der Waals surface area contributed by atoms with E-state index in [0.717, 1.165) is 0 Å². The van der Waals surface area contributed by atoms with Crippen LogP contribution in [-0.4, -0.2) is 10.2 Å². The van der Waals surface area contributed by atoms with E-state index in [-0.39, 0.29) is 11.5 Å². The van der Waals surface area contributed by atoms with Crippen LogP contribution >= 0.6 is 23.2 Å². The number of aromatic hydroxyl groups is 2. The standard InChI is InChI=1S/C13H10Cl2O2.C7H9N/c14-10-1-3-12(16)8(6-10)5-9-7-11(15)2-4-13(9)17;8-6-7-4-2-1-3-5-7/h1-4,6-7,16-17H,5H2;1-5H,6,8H2. The maximum atomic E-state index is 9.68. The van der Waals surface area contributed by atoms with Crippen LogP contribution in [0.3, 0.4) is 0 Å². The van der Waals surface area contributed by atoms with Crippen molar-refractivity contribution in [2.75, 3.05) is 0 Å². The third-order valence-electron chi connectivity index (χ3n) is 3.54. The number of halogens is 2. The summed E-state index contributed by atoms with van der Waals surface area (Å²) < 4.78 is 0. The fourth-order valence-electron chi connectivity index (χ4n) is 2.21. The van der Waals surface area contributed by atoms with Crippen molar-refractivity contribution >= 4 is 23.2 Å². The molecular weight excluding hydrogens is 357 g/mol. The third-order valence-corrected chi connectivity index (χ3v) is 4.01. The Hall–Kier alpha value is -2.20. The molecule has 25 heavy (non-hydrogen) atoms. The van der Waals surface area contributed by atoms with Gasteiger partial charge in [-0.2, -0.15) is 0 Å². The summed E-state index contributed by atoms with van der Waals surface area (Å²) in [6.07, 6.45) is 0.374. The number of benzene rings is 3. The number of rotatable bonds is 3. The molecule has 0 heterocycles. The fourth-order valence-corrected chi connectivity index (χ4v) is 2.60. The van der Waals surface area contributed by atoms with Crippen molar-refractivity contribution in [3.05, 3.63) is 93.5 Å². The topological polar surface area (TPSA) is 66.5 Å². The average Bonchev–Trinajstić information content (AvgIpc) is 2.62. The fraction of sp³-hybridized carbons (Fsp3) is 0.100. The third kappa shape index (κ3) is 5.98. The zero-order valence-electron chi connectivity index (χ0n) is 13.5. The molecule has 3 rings (SSSR count). The van der Waals surface area contributed by atoms with Gasteiger partial charge in [-0.1, -0.05) is 53.5 Å². The van der Waals surface area contributed by atoms with Crippen LogP contribution in [0.5, 0.6) is 11.5 Å². The molecule has 3 nitrogen and oxygen atoms in total. The van der Waals surface area contributed by atoms with Gasteiger partial charge in [0.2, 0.25) is 0 Å². The first-order chi connectivity index (χ1) is 12.0. The summed E-state index contributed by atoms with van der Waals surface area (Å²) in [5, 5.41) is 20.4. The number of hydrogen-bond donors (Lipinski definition) is 3. The van der Waals surface area contributed by atoms with Gasteiger partial charge in [0.1, 0.15) is 11.5 Å². The highest BCUT2D eigenvalue weighted by atomic mass is 35.5. The predicted octanol–water partition coefficient (Wildman–Crippen LogP) is 5.14. The maximum Gasteiger partial charge on any atom is 0.119 e. The van der Waals surface area contributed by atoms with Crippen LogP contribution < -0.4 is 5.73 Å². The van der Waals surface area contributed by atoms with E-state index in [9.17, 15) is 10.2 Å². The van der Waals surface area contributed by atoms with E-state index in [0.29, 0.717) is 34.1 Å². The van der Waals surface area contributed by atoms with Gasteiger partial charge in [0.15, 0.2) is 0 Å². The van der Waals surface area contributed by atoms with E-state index in [4.69, 9.17) is 28.9 Å². The molecule has 0 atom stereocenters. The second-order valence-electron chi connectivity index (χ2n) is 5.41. The van der Waals surface area contributed by atoms with Gasteiger partial charge in [0.05, 0.1) is 0 Å². The predicted molar refractivity (Wildman–Crippen MR) is 103 cm³/mol. The zero-order chi connectivity index (χ0) is 18.2. The molecule has 0 unspecified atom stereocenters. The summed E-state index contributed by atoms with van der Waals surface area (Å²) >= 11 is 11.7. The van der Waals surface area contributed by atoms with E-state index < -0.39 is 0 Å². The molecule has 5 heteroatoms. The SMILES string of the molecule is NCc1ccccc1.Oc1ccc(Cl)cc1Cc1cc(Cl)ccc1O. The Morgan fingerprint density at radius 2 is 1.20 bits per heavy atom. The van der Waals surface area contributed by atoms with Gasteiger partial charge < -0.3 is 15.9 Å². The highest BCUT2D eigenvalue weighted by molar-refractivity contribution is 6.31. The summed E-state index contributed by atoms with van der Waals surface area (Å²) in [7, 11) is 0. The minimum Gasteiger partial charge on any atom is -0.508 e. The Balaban J connectivity index is 0.000000236. The Morgan fingerprint density at radius 1 is 0.720 bits per heavy atom.